The van der Waals surface area contributed by atoms with E-state index in [0.29, 0.717) is 19.4 Å². The van der Waals surface area contributed by atoms with Crippen molar-refractivity contribution in [2.75, 3.05) is 13.1 Å². The fraction of sp³-hybridized carbons (Fsp3) is 0.565. The fourth-order valence-electron chi connectivity index (χ4n) is 3.69. The van der Waals surface area contributed by atoms with Crippen LogP contribution in [0, 0.1) is 17.2 Å². The zero-order chi connectivity index (χ0) is 26.4. The topological polar surface area (TPSA) is 132 Å². The Balaban J connectivity index is 2.08. The molecule has 1 aliphatic heterocycles. The second-order valence-electron chi connectivity index (χ2n) is 8.83. The maximum absolute atomic E-state index is 13.1. The molecule has 192 valence electrons. The number of halogens is 3. The van der Waals surface area contributed by atoms with Gasteiger partial charge in [0.05, 0.1) is 23.2 Å². The highest BCUT2D eigenvalue weighted by Crippen LogP contribution is 2.28. The van der Waals surface area contributed by atoms with Gasteiger partial charge in [-0.15, -0.1) is 13.2 Å². The van der Waals surface area contributed by atoms with Crippen molar-refractivity contribution in [1.82, 2.24) is 15.5 Å². The van der Waals surface area contributed by atoms with Crippen LogP contribution >= 0.6 is 0 Å². The third kappa shape index (κ3) is 8.13. The number of carbonyl (C=O) groups excluding carboxylic acids is 3. The highest BCUT2D eigenvalue weighted by Gasteiger charge is 2.39. The molecule has 12 heteroatoms. The van der Waals surface area contributed by atoms with Crippen LogP contribution in [0.25, 0.3) is 0 Å². The first-order chi connectivity index (χ1) is 16.2. The number of hydrogen-bond acceptors (Lipinski definition) is 6. The van der Waals surface area contributed by atoms with Gasteiger partial charge in [-0.05, 0) is 38.8 Å². The number of nitrogens with one attached hydrogen (secondary N) is 2. The molecule has 1 aromatic rings. The average Bonchev–Trinajstić information content (AvgIpc) is 2.79. The molecule has 2 atom stereocenters. The fourth-order valence-corrected chi connectivity index (χ4v) is 3.69. The van der Waals surface area contributed by atoms with Crippen LogP contribution in [0.5, 0.6) is 5.75 Å². The predicted molar refractivity (Wildman–Crippen MR) is 118 cm³/mol. The van der Waals surface area contributed by atoms with E-state index in [1.807, 2.05) is 0 Å². The van der Waals surface area contributed by atoms with Crippen molar-refractivity contribution in [2.45, 2.75) is 64.6 Å². The van der Waals surface area contributed by atoms with Gasteiger partial charge in [-0.1, -0.05) is 13.0 Å². The molecular weight excluding hydrogens is 469 g/mol. The second kappa shape index (κ2) is 11.4. The van der Waals surface area contributed by atoms with Gasteiger partial charge < -0.3 is 25.4 Å². The number of rotatable bonds is 8. The van der Waals surface area contributed by atoms with Crippen LogP contribution in [0.1, 0.15) is 51.2 Å². The Kier molecular flexibility index (Phi) is 9.09. The Bertz CT molecular complexity index is 985. The lowest BCUT2D eigenvalue weighted by atomic mass is 9.93. The number of aliphatic hydroxyl groups is 1. The van der Waals surface area contributed by atoms with Gasteiger partial charge in [-0.25, -0.2) is 0 Å². The van der Waals surface area contributed by atoms with E-state index in [1.165, 1.54) is 30.9 Å². The van der Waals surface area contributed by atoms with E-state index >= 15 is 0 Å². The molecule has 2 rings (SSSR count). The average molecular weight is 499 g/mol. The summed E-state index contributed by atoms with van der Waals surface area (Å²) in [6, 6.07) is 4.05. The van der Waals surface area contributed by atoms with Crippen molar-refractivity contribution >= 4 is 17.7 Å². The van der Waals surface area contributed by atoms with Crippen LogP contribution in [-0.2, 0) is 20.9 Å². The van der Waals surface area contributed by atoms with Crippen molar-refractivity contribution in [2.24, 2.45) is 5.92 Å². The highest BCUT2D eigenvalue weighted by molar-refractivity contribution is 5.89. The molecule has 0 spiro atoms. The van der Waals surface area contributed by atoms with Crippen LogP contribution in [0.15, 0.2) is 18.2 Å². The van der Waals surface area contributed by atoms with E-state index < -0.39 is 47.4 Å². The maximum atomic E-state index is 13.1. The molecule has 1 saturated heterocycles. The van der Waals surface area contributed by atoms with E-state index in [-0.39, 0.29) is 30.6 Å². The van der Waals surface area contributed by atoms with E-state index in [2.05, 4.69) is 15.4 Å². The number of ether oxygens (including phenoxy) is 1. The van der Waals surface area contributed by atoms with Crippen molar-refractivity contribution in [1.29, 1.82) is 5.26 Å². The van der Waals surface area contributed by atoms with E-state index in [4.69, 9.17) is 5.26 Å². The minimum absolute atomic E-state index is 0.0263. The monoisotopic (exact) mass is 498 g/mol. The van der Waals surface area contributed by atoms with Crippen LogP contribution < -0.4 is 15.4 Å². The van der Waals surface area contributed by atoms with Gasteiger partial charge in [0.1, 0.15) is 11.8 Å². The summed E-state index contributed by atoms with van der Waals surface area (Å²) in [6.07, 6.45) is -3.91. The van der Waals surface area contributed by atoms with Crippen molar-refractivity contribution < 1.29 is 37.4 Å². The molecule has 1 aliphatic rings. The molecule has 1 unspecified atom stereocenters. The van der Waals surface area contributed by atoms with E-state index in [0.717, 1.165) is 6.07 Å². The van der Waals surface area contributed by atoms with E-state index in [1.54, 1.807) is 13.0 Å². The number of alkyl halides is 3. The third-order valence-corrected chi connectivity index (χ3v) is 5.56. The lowest BCUT2D eigenvalue weighted by molar-refractivity contribution is -0.274. The SMILES string of the molecule is CCC(=O)N[C@@H](C(=O)N1CCCC(C(=O)NCc2ccc(C#N)cc2OC(F)(F)F)C1)C(C)(C)O. The summed E-state index contributed by atoms with van der Waals surface area (Å²) in [4.78, 5) is 39.1. The summed E-state index contributed by atoms with van der Waals surface area (Å²) < 4.78 is 42.2. The molecule has 1 heterocycles. The Morgan fingerprint density at radius 1 is 1.31 bits per heavy atom. The van der Waals surface area contributed by atoms with Gasteiger partial charge in [0.25, 0.3) is 0 Å². The largest absolute Gasteiger partial charge is 0.573 e. The second-order valence-corrected chi connectivity index (χ2v) is 8.83. The number of benzene rings is 1. The lowest BCUT2D eigenvalue weighted by Crippen LogP contribution is -2.60. The quantitative estimate of drug-likeness (QED) is 0.502. The summed E-state index contributed by atoms with van der Waals surface area (Å²) >= 11 is 0. The standard InChI is InChI=1S/C23H29F3N4O5/c1-4-18(31)29-19(22(2,3)34)21(33)30-9-5-6-16(13-30)20(32)28-12-15-8-7-14(11-27)10-17(15)35-23(24,25)26/h7-8,10,16,19,34H,4-6,9,12-13H2,1-3H3,(H,28,32)(H,29,31)/t16?,19-/m0/s1. The molecule has 0 saturated carbocycles. The predicted octanol–water partition coefficient (Wildman–Crippen LogP) is 1.98. The van der Waals surface area contributed by atoms with Gasteiger partial charge >= 0.3 is 6.36 Å². The number of nitrogens with zero attached hydrogens (tertiary/aromatic N) is 2. The molecule has 0 aliphatic carbocycles. The number of hydrogen-bond donors (Lipinski definition) is 3. The highest BCUT2D eigenvalue weighted by atomic mass is 19.4. The summed E-state index contributed by atoms with van der Waals surface area (Å²) in [5, 5.41) is 24.4. The molecule has 1 aromatic carbocycles. The zero-order valence-corrected chi connectivity index (χ0v) is 19.7. The third-order valence-electron chi connectivity index (χ3n) is 5.56. The van der Waals surface area contributed by atoms with Crippen molar-refractivity contribution in [3.05, 3.63) is 29.3 Å². The van der Waals surface area contributed by atoms with Crippen molar-refractivity contribution in [3.63, 3.8) is 0 Å². The first kappa shape index (κ1) is 27.9. The molecular formula is C23H29F3N4O5. The molecule has 9 nitrogen and oxygen atoms in total. The van der Waals surface area contributed by atoms with Crippen LogP contribution in [0.3, 0.4) is 0 Å². The van der Waals surface area contributed by atoms with Crippen LogP contribution in [0.4, 0.5) is 13.2 Å². The number of carbonyl (C=O) groups is 3. The van der Waals surface area contributed by atoms with Gasteiger partial charge in [-0.3, -0.25) is 14.4 Å². The number of piperidine rings is 1. The normalized spacial score (nSPS) is 17.2. The van der Waals surface area contributed by atoms with Gasteiger partial charge in [-0.2, -0.15) is 5.26 Å². The molecule has 0 radical (unpaired) electrons. The van der Waals surface area contributed by atoms with Crippen LogP contribution in [-0.4, -0.2) is 58.8 Å². The Morgan fingerprint density at radius 2 is 2.00 bits per heavy atom. The maximum Gasteiger partial charge on any atom is 0.573 e. The van der Waals surface area contributed by atoms with Gasteiger partial charge in [0.2, 0.25) is 17.7 Å². The minimum atomic E-state index is -4.97. The van der Waals surface area contributed by atoms with Crippen molar-refractivity contribution in [3.8, 4) is 11.8 Å². The van der Waals surface area contributed by atoms with Gasteiger partial charge in [0.15, 0.2) is 0 Å². The summed E-state index contributed by atoms with van der Waals surface area (Å²) in [5.41, 5.74) is -1.54. The molecule has 35 heavy (non-hydrogen) atoms. The summed E-state index contributed by atoms with van der Waals surface area (Å²) in [6.45, 7) is 4.49. The summed E-state index contributed by atoms with van der Waals surface area (Å²) in [5.74, 6) is -2.62. The Hall–Kier alpha value is -3.33. The number of amides is 3. The molecule has 3 amide bonds. The minimum Gasteiger partial charge on any atom is -0.405 e. The van der Waals surface area contributed by atoms with Crippen LogP contribution in [0.2, 0.25) is 0 Å². The van der Waals surface area contributed by atoms with Gasteiger partial charge in [0, 0.05) is 31.6 Å². The molecule has 0 bridgehead atoms. The molecule has 0 aromatic heterocycles. The Labute approximate surface area is 201 Å². The number of nitriles is 1. The zero-order valence-electron chi connectivity index (χ0n) is 19.7. The lowest BCUT2D eigenvalue weighted by Gasteiger charge is -2.37. The molecule has 1 fully saturated rings. The summed E-state index contributed by atoms with van der Waals surface area (Å²) in [7, 11) is 0. The first-order valence-corrected chi connectivity index (χ1v) is 11.1. The Morgan fingerprint density at radius 3 is 2.57 bits per heavy atom. The molecule has 3 N–H and O–H groups in total. The first-order valence-electron chi connectivity index (χ1n) is 11.1. The number of likely N-dealkylation sites (tertiary alicyclic amines) is 1. The van der Waals surface area contributed by atoms with E-state index in [9.17, 15) is 32.7 Å². The smallest absolute Gasteiger partial charge is 0.405 e.